The lowest BCUT2D eigenvalue weighted by atomic mass is 10.2. The smallest absolute Gasteiger partial charge is 0.316 e. The largest absolute Gasteiger partial charge is 0.455 e. The van der Waals surface area contributed by atoms with E-state index in [0.717, 1.165) is 5.56 Å². The lowest BCUT2D eigenvalue weighted by Gasteiger charge is -2.07. The highest BCUT2D eigenvalue weighted by Gasteiger charge is 2.09. The maximum atomic E-state index is 11.8. The van der Waals surface area contributed by atoms with Crippen molar-refractivity contribution >= 4 is 46.8 Å². The summed E-state index contributed by atoms with van der Waals surface area (Å²) in [6, 6.07) is 13.5. The van der Waals surface area contributed by atoms with Gasteiger partial charge in [0.2, 0.25) is 5.91 Å². The molecule has 0 unspecified atom stereocenters. The monoisotopic (exact) mass is 392 g/mol. The van der Waals surface area contributed by atoms with Crippen LogP contribution in [0.2, 0.25) is 5.02 Å². The first kappa shape index (κ1) is 19.8. The van der Waals surface area contributed by atoms with Crippen LogP contribution in [0.25, 0.3) is 0 Å². The van der Waals surface area contributed by atoms with Gasteiger partial charge in [-0.3, -0.25) is 14.4 Å². The van der Waals surface area contributed by atoms with Gasteiger partial charge in [0.25, 0.3) is 5.91 Å². The third-order valence-corrected chi connectivity index (χ3v) is 4.58. The van der Waals surface area contributed by atoms with Crippen LogP contribution in [0.1, 0.15) is 15.9 Å². The van der Waals surface area contributed by atoms with Crippen LogP contribution in [0.3, 0.4) is 0 Å². The SMILES string of the molecule is NC(=O)c1ccc(NC(=O)COC(=O)CSCc2ccccc2Cl)cc1. The van der Waals surface area contributed by atoms with Gasteiger partial charge in [0, 0.05) is 22.0 Å². The number of ether oxygens (including phenoxy) is 1. The molecule has 0 radical (unpaired) electrons. The summed E-state index contributed by atoms with van der Waals surface area (Å²) in [4.78, 5) is 34.4. The van der Waals surface area contributed by atoms with Gasteiger partial charge in [-0.1, -0.05) is 29.8 Å². The van der Waals surface area contributed by atoms with Crippen LogP contribution in [0.5, 0.6) is 0 Å². The third kappa shape index (κ3) is 6.42. The van der Waals surface area contributed by atoms with Gasteiger partial charge in [-0.25, -0.2) is 0 Å². The number of carbonyl (C=O) groups is 3. The van der Waals surface area contributed by atoms with Crippen molar-refractivity contribution in [1.29, 1.82) is 0 Å². The number of rotatable bonds is 8. The van der Waals surface area contributed by atoms with Crippen LogP contribution in [-0.2, 0) is 20.1 Å². The number of hydrogen-bond donors (Lipinski definition) is 2. The number of primary amides is 1. The molecule has 0 saturated heterocycles. The topological polar surface area (TPSA) is 98.5 Å². The highest BCUT2D eigenvalue weighted by atomic mass is 35.5. The number of esters is 1. The molecule has 136 valence electrons. The first-order chi connectivity index (χ1) is 12.5. The van der Waals surface area contributed by atoms with Gasteiger partial charge in [-0.15, -0.1) is 11.8 Å². The van der Waals surface area contributed by atoms with Crippen LogP contribution in [0.4, 0.5) is 5.69 Å². The third-order valence-electron chi connectivity index (χ3n) is 3.25. The number of anilines is 1. The number of hydrogen-bond acceptors (Lipinski definition) is 5. The summed E-state index contributed by atoms with van der Waals surface area (Å²) < 4.78 is 4.93. The predicted octanol–water partition coefficient (Wildman–Crippen LogP) is 2.85. The second-order valence-electron chi connectivity index (χ2n) is 5.23. The molecular weight excluding hydrogens is 376 g/mol. The normalized spacial score (nSPS) is 10.2. The van der Waals surface area contributed by atoms with Crippen molar-refractivity contribution < 1.29 is 19.1 Å². The van der Waals surface area contributed by atoms with Crippen LogP contribution in [0.15, 0.2) is 48.5 Å². The molecule has 2 amide bonds. The molecule has 0 fully saturated rings. The van der Waals surface area contributed by atoms with Crippen LogP contribution >= 0.6 is 23.4 Å². The molecule has 0 aliphatic rings. The van der Waals surface area contributed by atoms with Crippen molar-refractivity contribution in [2.45, 2.75) is 5.75 Å². The molecule has 26 heavy (non-hydrogen) atoms. The quantitative estimate of drug-likeness (QED) is 0.673. The molecule has 6 nitrogen and oxygen atoms in total. The van der Waals surface area contributed by atoms with Gasteiger partial charge in [0.15, 0.2) is 6.61 Å². The molecule has 0 aliphatic carbocycles. The molecule has 0 bridgehead atoms. The number of amides is 2. The zero-order chi connectivity index (χ0) is 18.9. The van der Waals surface area contributed by atoms with Crippen LogP contribution in [-0.4, -0.2) is 30.1 Å². The Hall–Kier alpha value is -2.51. The summed E-state index contributed by atoms with van der Waals surface area (Å²) >= 11 is 7.39. The van der Waals surface area contributed by atoms with E-state index in [2.05, 4.69) is 5.32 Å². The van der Waals surface area contributed by atoms with Crippen molar-refractivity contribution in [3.8, 4) is 0 Å². The number of halogens is 1. The lowest BCUT2D eigenvalue weighted by Crippen LogP contribution is -2.21. The van der Waals surface area contributed by atoms with Crippen molar-refractivity contribution in [3.63, 3.8) is 0 Å². The van der Waals surface area contributed by atoms with E-state index in [1.54, 1.807) is 18.2 Å². The van der Waals surface area contributed by atoms with Crippen molar-refractivity contribution in [3.05, 3.63) is 64.7 Å². The highest BCUT2D eigenvalue weighted by Crippen LogP contribution is 2.20. The zero-order valence-corrected chi connectivity index (χ0v) is 15.3. The predicted molar refractivity (Wildman–Crippen MR) is 102 cm³/mol. The number of nitrogens with one attached hydrogen (secondary N) is 1. The van der Waals surface area contributed by atoms with E-state index in [9.17, 15) is 14.4 Å². The summed E-state index contributed by atoms with van der Waals surface area (Å²) in [5, 5.41) is 3.21. The van der Waals surface area contributed by atoms with E-state index < -0.39 is 17.8 Å². The molecule has 0 aromatic heterocycles. The highest BCUT2D eigenvalue weighted by molar-refractivity contribution is 7.99. The van der Waals surface area contributed by atoms with E-state index in [-0.39, 0.29) is 12.4 Å². The minimum Gasteiger partial charge on any atom is -0.455 e. The molecule has 0 heterocycles. The second kappa shape index (κ2) is 9.84. The first-order valence-corrected chi connectivity index (χ1v) is 9.15. The molecule has 0 saturated carbocycles. The first-order valence-electron chi connectivity index (χ1n) is 7.62. The summed E-state index contributed by atoms with van der Waals surface area (Å²) in [5.74, 6) is -0.812. The number of benzene rings is 2. The molecule has 2 rings (SSSR count). The minimum atomic E-state index is -0.550. The fraction of sp³-hybridized carbons (Fsp3) is 0.167. The van der Waals surface area contributed by atoms with Crippen LogP contribution < -0.4 is 11.1 Å². The fourth-order valence-corrected chi connectivity index (χ4v) is 3.07. The Morgan fingerprint density at radius 3 is 2.42 bits per heavy atom. The molecular formula is C18H17ClN2O4S. The van der Waals surface area contributed by atoms with Crippen molar-refractivity contribution in [1.82, 2.24) is 0 Å². The molecule has 0 spiro atoms. The van der Waals surface area contributed by atoms with Gasteiger partial charge < -0.3 is 15.8 Å². The number of nitrogens with two attached hydrogens (primary N) is 1. The Bertz CT molecular complexity index is 796. The molecule has 0 aliphatic heterocycles. The Morgan fingerprint density at radius 2 is 1.77 bits per heavy atom. The maximum Gasteiger partial charge on any atom is 0.316 e. The fourth-order valence-electron chi connectivity index (χ4n) is 1.96. The number of carbonyl (C=O) groups excluding carboxylic acids is 3. The van der Waals surface area contributed by atoms with Crippen LogP contribution in [0, 0.1) is 0 Å². The zero-order valence-electron chi connectivity index (χ0n) is 13.7. The standard InChI is InChI=1S/C18H17ClN2O4S/c19-15-4-2-1-3-13(15)10-26-11-17(23)25-9-16(22)21-14-7-5-12(6-8-14)18(20)24/h1-8H,9-11H2,(H2,20,24)(H,21,22). The van der Waals surface area contributed by atoms with Gasteiger partial charge in [0.1, 0.15) is 0 Å². The molecule has 3 N–H and O–H groups in total. The average Bonchev–Trinajstić information content (AvgIpc) is 2.62. The molecule has 8 heteroatoms. The molecule has 2 aromatic carbocycles. The van der Waals surface area contributed by atoms with Gasteiger partial charge in [-0.05, 0) is 35.9 Å². The Balaban J connectivity index is 1.69. The lowest BCUT2D eigenvalue weighted by molar-refractivity contribution is -0.144. The Labute approximate surface area is 160 Å². The Morgan fingerprint density at radius 1 is 1.08 bits per heavy atom. The van der Waals surface area contributed by atoms with Crippen molar-refractivity contribution in [2.75, 3.05) is 17.7 Å². The molecule has 0 atom stereocenters. The van der Waals surface area contributed by atoms with Gasteiger partial charge in [0.05, 0.1) is 5.75 Å². The van der Waals surface area contributed by atoms with Crippen molar-refractivity contribution in [2.24, 2.45) is 5.73 Å². The van der Waals surface area contributed by atoms with E-state index in [1.165, 1.54) is 23.9 Å². The van der Waals surface area contributed by atoms with Gasteiger partial charge >= 0.3 is 5.97 Å². The average molecular weight is 393 g/mol. The van der Waals surface area contributed by atoms with E-state index in [0.29, 0.717) is 22.0 Å². The minimum absolute atomic E-state index is 0.117. The summed E-state index contributed by atoms with van der Waals surface area (Å²) in [5.41, 5.74) is 6.89. The van der Waals surface area contributed by atoms with E-state index in [4.69, 9.17) is 22.1 Å². The summed E-state index contributed by atoms with van der Waals surface area (Å²) in [6.07, 6.45) is 0. The Kier molecular flexibility index (Phi) is 7.50. The maximum absolute atomic E-state index is 11.8. The van der Waals surface area contributed by atoms with E-state index >= 15 is 0 Å². The summed E-state index contributed by atoms with van der Waals surface area (Å²) in [7, 11) is 0. The summed E-state index contributed by atoms with van der Waals surface area (Å²) in [6.45, 7) is -0.386. The van der Waals surface area contributed by atoms with Gasteiger partial charge in [-0.2, -0.15) is 0 Å². The second-order valence-corrected chi connectivity index (χ2v) is 6.63. The molecule has 2 aromatic rings. The number of thioether (sulfide) groups is 1. The van der Waals surface area contributed by atoms with E-state index in [1.807, 2.05) is 18.2 Å².